The van der Waals surface area contributed by atoms with Crippen molar-refractivity contribution in [3.8, 4) is 5.75 Å². The molecule has 0 spiro atoms. The SMILES string of the molecule is CN(C)C(=O)c1cccc(Nc2c(NC(C)(C)c3ccco3)c(=O)c2=O)c1O. The van der Waals surface area contributed by atoms with Gasteiger partial charge in [0, 0.05) is 14.1 Å². The highest BCUT2D eigenvalue weighted by Crippen LogP contribution is 2.34. The molecule has 0 saturated heterocycles. The minimum atomic E-state index is -0.743. The summed E-state index contributed by atoms with van der Waals surface area (Å²) in [7, 11) is 3.13. The Bertz CT molecular complexity index is 1090. The molecule has 146 valence electrons. The van der Waals surface area contributed by atoms with Crippen molar-refractivity contribution in [2.45, 2.75) is 19.4 Å². The highest BCUT2D eigenvalue weighted by Gasteiger charge is 2.30. The van der Waals surface area contributed by atoms with E-state index in [0.717, 1.165) is 0 Å². The summed E-state index contributed by atoms with van der Waals surface area (Å²) in [5.74, 6) is -0.0955. The monoisotopic (exact) mass is 383 g/mol. The molecule has 3 aromatic rings. The van der Waals surface area contributed by atoms with Gasteiger partial charge < -0.3 is 25.1 Å². The highest BCUT2D eigenvalue weighted by molar-refractivity contribution is 5.99. The molecule has 2 aromatic carbocycles. The first kappa shape index (κ1) is 19.2. The molecule has 1 aromatic heterocycles. The minimum absolute atomic E-state index is 0.0226. The van der Waals surface area contributed by atoms with Gasteiger partial charge in [0.15, 0.2) is 5.75 Å². The number of benzene rings is 1. The Morgan fingerprint density at radius 3 is 2.36 bits per heavy atom. The fourth-order valence-corrected chi connectivity index (χ4v) is 2.83. The van der Waals surface area contributed by atoms with E-state index in [1.165, 1.54) is 23.3 Å². The molecule has 8 heteroatoms. The Balaban J connectivity index is 1.93. The first-order valence-electron chi connectivity index (χ1n) is 8.59. The van der Waals surface area contributed by atoms with Crippen LogP contribution in [0, 0.1) is 0 Å². The summed E-state index contributed by atoms with van der Waals surface area (Å²) in [6.45, 7) is 3.61. The van der Waals surface area contributed by atoms with Crippen molar-refractivity contribution in [2.24, 2.45) is 0 Å². The molecule has 0 aliphatic carbocycles. The molecule has 3 rings (SSSR count). The van der Waals surface area contributed by atoms with Gasteiger partial charge in [0.05, 0.1) is 23.1 Å². The third-order valence-corrected chi connectivity index (χ3v) is 4.42. The molecule has 28 heavy (non-hydrogen) atoms. The van der Waals surface area contributed by atoms with Crippen molar-refractivity contribution in [1.29, 1.82) is 0 Å². The number of anilines is 3. The fraction of sp³-hybridized carbons (Fsp3) is 0.250. The van der Waals surface area contributed by atoms with E-state index in [1.54, 1.807) is 46.1 Å². The smallest absolute Gasteiger partial charge is 0.257 e. The lowest BCUT2D eigenvalue weighted by Gasteiger charge is -2.27. The van der Waals surface area contributed by atoms with Crippen molar-refractivity contribution in [3.63, 3.8) is 0 Å². The maximum absolute atomic E-state index is 12.2. The van der Waals surface area contributed by atoms with Crippen LogP contribution in [-0.2, 0) is 5.54 Å². The van der Waals surface area contributed by atoms with Crippen molar-refractivity contribution in [2.75, 3.05) is 24.7 Å². The lowest BCUT2D eigenvalue weighted by molar-refractivity contribution is 0.0824. The van der Waals surface area contributed by atoms with Gasteiger partial charge in [-0.15, -0.1) is 0 Å². The summed E-state index contributed by atoms with van der Waals surface area (Å²) < 4.78 is 5.38. The van der Waals surface area contributed by atoms with Crippen molar-refractivity contribution in [3.05, 3.63) is 68.4 Å². The summed E-state index contributed by atoms with van der Waals surface area (Å²) in [5, 5.41) is 16.2. The largest absolute Gasteiger partial charge is 0.505 e. The zero-order valence-corrected chi connectivity index (χ0v) is 16.0. The molecule has 0 atom stereocenters. The molecule has 1 amide bonds. The number of furan rings is 1. The average Bonchev–Trinajstić information content (AvgIpc) is 3.20. The van der Waals surface area contributed by atoms with Crippen LogP contribution >= 0.6 is 0 Å². The normalized spacial score (nSPS) is 11.4. The molecule has 8 nitrogen and oxygen atoms in total. The molecule has 0 unspecified atom stereocenters. The van der Waals surface area contributed by atoms with Gasteiger partial charge in [0.2, 0.25) is 0 Å². The molecule has 0 radical (unpaired) electrons. The van der Waals surface area contributed by atoms with Crippen LogP contribution in [-0.4, -0.2) is 30.0 Å². The number of nitrogens with zero attached hydrogens (tertiary/aromatic N) is 1. The van der Waals surface area contributed by atoms with Crippen LogP contribution in [0.1, 0.15) is 30.0 Å². The maximum Gasteiger partial charge on any atom is 0.257 e. The van der Waals surface area contributed by atoms with Crippen LogP contribution < -0.4 is 21.5 Å². The predicted molar refractivity (Wildman–Crippen MR) is 106 cm³/mol. The van der Waals surface area contributed by atoms with E-state index >= 15 is 0 Å². The van der Waals surface area contributed by atoms with Crippen molar-refractivity contribution >= 4 is 23.0 Å². The fourth-order valence-electron chi connectivity index (χ4n) is 2.83. The van der Waals surface area contributed by atoms with Crippen molar-refractivity contribution in [1.82, 2.24) is 4.90 Å². The quantitative estimate of drug-likeness (QED) is 0.442. The van der Waals surface area contributed by atoms with Gasteiger partial charge in [-0.3, -0.25) is 14.4 Å². The summed E-state index contributed by atoms with van der Waals surface area (Å²) in [5.41, 5.74) is -1.77. The van der Waals surface area contributed by atoms with Gasteiger partial charge in [0.1, 0.15) is 17.1 Å². The Labute approximate surface area is 161 Å². The number of amides is 1. The molecule has 0 bridgehead atoms. The van der Waals surface area contributed by atoms with Gasteiger partial charge in [-0.05, 0) is 38.1 Å². The number of phenols is 1. The molecule has 0 aliphatic rings. The molecule has 1 heterocycles. The van der Waals surface area contributed by atoms with Crippen LogP contribution in [0.25, 0.3) is 0 Å². The minimum Gasteiger partial charge on any atom is -0.505 e. The Morgan fingerprint density at radius 1 is 1.07 bits per heavy atom. The Kier molecular flexibility index (Phi) is 4.72. The number of rotatable bonds is 6. The summed E-state index contributed by atoms with van der Waals surface area (Å²) in [6.07, 6.45) is 1.52. The molecule has 0 aliphatic heterocycles. The number of carbonyl (C=O) groups excluding carboxylic acids is 1. The second kappa shape index (κ2) is 6.88. The van der Waals surface area contributed by atoms with Crippen LogP contribution in [0.5, 0.6) is 5.75 Å². The van der Waals surface area contributed by atoms with Gasteiger partial charge in [-0.2, -0.15) is 0 Å². The van der Waals surface area contributed by atoms with Gasteiger partial charge >= 0.3 is 0 Å². The van der Waals surface area contributed by atoms with Crippen LogP contribution in [0.2, 0.25) is 0 Å². The number of aromatic hydroxyl groups is 1. The predicted octanol–water partition coefficient (Wildman–Crippen LogP) is 2.37. The van der Waals surface area contributed by atoms with Crippen LogP contribution in [0.3, 0.4) is 0 Å². The number of hydrogen-bond donors (Lipinski definition) is 3. The second-order valence-electron chi connectivity index (χ2n) is 7.16. The molecular formula is C20H21N3O5. The third kappa shape index (κ3) is 3.24. The topological polar surface area (TPSA) is 112 Å². The molecule has 0 saturated carbocycles. The molecular weight excluding hydrogens is 362 g/mol. The van der Waals surface area contributed by atoms with E-state index in [1.807, 2.05) is 0 Å². The van der Waals surface area contributed by atoms with E-state index in [-0.39, 0.29) is 34.3 Å². The summed E-state index contributed by atoms with van der Waals surface area (Å²) in [4.78, 5) is 37.7. The molecule has 0 fully saturated rings. The molecule has 3 N–H and O–H groups in total. The van der Waals surface area contributed by atoms with Gasteiger partial charge in [0.25, 0.3) is 16.8 Å². The van der Waals surface area contributed by atoms with E-state index in [2.05, 4.69) is 10.6 Å². The van der Waals surface area contributed by atoms with Crippen molar-refractivity contribution < 1.29 is 14.3 Å². The average molecular weight is 383 g/mol. The summed E-state index contributed by atoms with van der Waals surface area (Å²) >= 11 is 0. The van der Waals surface area contributed by atoms with E-state index in [0.29, 0.717) is 5.76 Å². The zero-order chi connectivity index (χ0) is 20.6. The van der Waals surface area contributed by atoms with E-state index in [9.17, 15) is 19.5 Å². The number of para-hydroxylation sites is 1. The number of nitrogens with one attached hydrogen (secondary N) is 2. The number of hydrogen-bond acceptors (Lipinski definition) is 7. The van der Waals surface area contributed by atoms with Crippen LogP contribution in [0.4, 0.5) is 17.1 Å². The number of phenolic OH excluding ortho intramolecular Hbond substituents is 1. The second-order valence-corrected chi connectivity index (χ2v) is 7.16. The van der Waals surface area contributed by atoms with Gasteiger partial charge in [-0.1, -0.05) is 6.07 Å². The summed E-state index contributed by atoms with van der Waals surface area (Å²) in [6, 6.07) is 8.05. The lowest BCUT2D eigenvalue weighted by Crippen LogP contribution is -2.41. The first-order chi connectivity index (χ1) is 13.1. The lowest BCUT2D eigenvalue weighted by atomic mass is 10.00. The first-order valence-corrected chi connectivity index (χ1v) is 8.59. The Morgan fingerprint density at radius 2 is 1.75 bits per heavy atom. The van der Waals surface area contributed by atoms with E-state index in [4.69, 9.17) is 4.42 Å². The zero-order valence-electron chi connectivity index (χ0n) is 16.0. The highest BCUT2D eigenvalue weighted by atomic mass is 16.3. The van der Waals surface area contributed by atoms with Crippen LogP contribution in [0.15, 0.2) is 50.6 Å². The Hall–Kier alpha value is -3.55. The third-order valence-electron chi connectivity index (χ3n) is 4.42. The standard InChI is InChI=1S/C20H21N3O5/c1-20(2,13-9-6-10-28-13)22-15-14(17(25)18(15)26)21-12-8-5-7-11(16(12)24)19(27)23(3)4/h5-10,21-22,24H,1-4H3. The van der Waals surface area contributed by atoms with E-state index < -0.39 is 16.4 Å². The number of carbonyl (C=O) groups is 1. The maximum atomic E-state index is 12.2. The van der Waals surface area contributed by atoms with Gasteiger partial charge in [-0.25, -0.2) is 0 Å².